The van der Waals surface area contributed by atoms with E-state index in [2.05, 4.69) is 24.1 Å². The van der Waals surface area contributed by atoms with Crippen molar-refractivity contribution in [2.75, 3.05) is 45.9 Å². The van der Waals surface area contributed by atoms with E-state index in [9.17, 15) is 0 Å². The van der Waals surface area contributed by atoms with Gasteiger partial charge in [0.2, 0.25) is 0 Å². The SMILES string of the molecule is CCC1(C(C)CN2CCNCC2)COC1. The third kappa shape index (κ3) is 2.35. The highest BCUT2D eigenvalue weighted by atomic mass is 16.5. The van der Waals surface area contributed by atoms with Crippen LogP contribution in [-0.2, 0) is 4.74 Å². The van der Waals surface area contributed by atoms with Crippen molar-refractivity contribution in [3.8, 4) is 0 Å². The molecule has 2 fully saturated rings. The van der Waals surface area contributed by atoms with Crippen LogP contribution in [0.1, 0.15) is 20.3 Å². The summed E-state index contributed by atoms with van der Waals surface area (Å²) in [6.07, 6.45) is 1.26. The highest BCUT2D eigenvalue weighted by Crippen LogP contribution is 2.39. The highest BCUT2D eigenvalue weighted by molar-refractivity contribution is 4.90. The smallest absolute Gasteiger partial charge is 0.0547 e. The van der Waals surface area contributed by atoms with E-state index in [1.807, 2.05) is 0 Å². The number of hydrogen-bond acceptors (Lipinski definition) is 3. The molecule has 3 heteroatoms. The van der Waals surface area contributed by atoms with Gasteiger partial charge in [0.25, 0.3) is 0 Å². The average Bonchev–Trinajstić information content (AvgIpc) is 2.18. The molecule has 1 unspecified atom stereocenters. The summed E-state index contributed by atoms with van der Waals surface area (Å²) in [5.41, 5.74) is 0.491. The lowest BCUT2D eigenvalue weighted by Gasteiger charge is -2.47. The number of nitrogens with one attached hydrogen (secondary N) is 1. The van der Waals surface area contributed by atoms with E-state index in [0.717, 1.165) is 32.2 Å². The van der Waals surface area contributed by atoms with Gasteiger partial charge in [0.1, 0.15) is 0 Å². The van der Waals surface area contributed by atoms with E-state index in [0.29, 0.717) is 5.41 Å². The second-order valence-electron chi connectivity index (χ2n) is 5.16. The van der Waals surface area contributed by atoms with Crippen molar-refractivity contribution in [2.24, 2.45) is 11.3 Å². The highest BCUT2D eigenvalue weighted by Gasteiger charge is 2.42. The fourth-order valence-corrected chi connectivity index (χ4v) is 2.68. The minimum Gasteiger partial charge on any atom is -0.380 e. The molecule has 2 heterocycles. The maximum absolute atomic E-state index is 5.41. The minimum absolute atomic E-state index is 0.491. The zero-order chi connectivity index (χ0) is 10.7. The van der Waals surface area contributed by atoms with Crippen molar-refractivity contribution < 1.29 is 4.74 Å². The van der Waals surface area contributed by atoms with Crippen molar-refractivity contribution in [2.45, 2.75) is 20.3 Å². The van der Waals surface area contributed by atoms with Crippen LogP contribution >= 0.6 is 0 Å². The van der Waals surface area contributed by atoms with E-state index in [4.69, 9.17) is 4.74 Å². The lowest BCUT2D eigenvalue weighted by atomic mass is 9.72. The maximum atomic E-state index is 5.41. The minimum atomic E-state index is 0.491. The molecule has 2 aliphatic heterocycles. The van der Waals surface area contributed by atoms with E-state index < -0.39 is 0 Å². The predicted molar refractivity (Wildman–Crippen MR) is 62.0 cm³/mol. The predicted octanol–water partition coefficient (Wildman–Crippen LogP) is 0.954. The average molecular weight is 212 g/mol. The molecule has 0 bridgehead atoms. The first kappa shape index (κ1) is 11.4. The van der Waals surface area contributed by atoms with Crippen molar-refractivity contribution in [1.82, 2.24) is 10.2 Å². The summed E-state index contributed by atoms with van der Waals surface area (Å²) >= 11 is 0. The van der Waals surface area contributed by atoms with Gasteiger partial charge in [-0.3, -0.25) is 0 Å². The van der Waals surface area contributed by atoms with Gasteiger partial charge >= 0.3 is 0 Å². The molecule has 1 atom stereocenters. The number of rotatable bonds is 4. The number of nitrogens with zero attached hydrogens (tertiary/aromatic N) is 1. The van der Waals surface area contributed by atoms with Gasteiger partial charge in [-0.1, -0.05) is 13.8 Å². The van der Waals surface area contributed by atoms with Gasteiger partial charge < -0.3 is 15.0 Å². The molecule has 0 aliphatic carbocycles. The summed E-state index contributed by atoms with van der Waals surface area (Å²) in [6, 6.07) is 0. The number of ether oxygens (including phenoxy) is 1. The first-order valence-corrected chi connectivity index (χ1v) is 6.28. The van der Waals surface area contributed by atoms with Crippen molar-refractivity contribution in [3.63, 3.8) is 0 Å². The summed E-state index contributed by atoms with van der Waals surface area (Å²) < 4.78 is 5.41. The van der Waals surface area contributed by atoms with E-state index >= 15 is 0 Å². The molecule has 0 radical (unpaired) electrons. The van der Waals surface area contributed by atoms with Crippen LogP contribution in [0.15, 0.2) is 0 Å². The normalized spacial score (nSPS) is 28.4. The quantitative estimate of drug-likeness (QED) is 0.751. The van der Waals surface area contributed by atoms with Crippen molar-refractivity contribution >= 4 is 0 Å². The van der Waals surface area contributed by atoms with Gasteiger partial charge in [-0.15, -0.1) is 0 Å². The van der Waals surface area contributed by atoms with Crippen LogP contribution in [0.25, 0.3) is 0 Å². The summed E-state index contributed by atoms with van der Waals surface area (Å²) in [4.78, 5) is 2.59. The molecule has 0 aromatic carbocycles. The summed E-state index contributed by atoms with van der Waals surface area (Å²) in [5.74, 6) is 0.773. The molecule has 2 saturated heterocycles. The molecular weight excluding hydrogens is 188 g/mol. The van der Waals surface area contributed by atoms with Gasteiger partial charge in [-0.2, -0.15) is 0 Å². The molecule has 15 heavy (non-hydrogen) atoms. The van der Waals surface area contributed by atoms with Crippen LogP contribution in [0.3, 0.4) is 0 Å². The Bertz CT molecular complexity index is 192. The Hall–Kier alpha value is -0.120. The topological polar surface area (TPSA) is 24.5 Å². The Balaban J connectivity index is 1.82. The molecule has 2 aliphatic rings. The molecule has 88 valence electrons. The Morgan fingerprint density at radius 1 is 1.33 bits per heavy atom. The molecule has 3 nitrogen and oxygen atoms in total. The molecule has 0 amide bonds. The van der Waals surface area contributed by atoms with Crippen LogP contribution in [0.4, 0.5) is 0 Å². The van der Waals surface area contributed by atoms with Crippen LogP contribution in [0.2, 0.25) is 0 Å². The summed E-state index contributed by atoms with van der Waals surface area (Å²) in [6.45, 7) is 12.7. The van der Waals surface area contributed by atoms with Gasteiger partial charge in [0, 0.05) is 38.1 Å². The summed E-state index contributed by atoms with van der Waals surface area (Å²) in [7, 11) is 0. The monoisotopic (exact) mass is 212 g/mol. The Morgan fingerprint density at radius 3 is 2.47 bits per heavy atom. The zero-order valence-corrected chi connectivity index (χ0v) is 10.1. The van der Waals surface area contributed by atoms with Gasteiger partial charge in [0.05, 0.1) is 13.2 Å². The first-order valence-electron chi connectivity index (χ1n) is 6.28. The van der Waals surface area contributed by atoms with Crippen LogP contribution in [0.5, 0.6) is 0 Å². The van der Waals surface area contributed by atoms with Gasteiger partial charge in [0.15, 0.2) is 0 Å². The van der Waals surface area contributed by atoms with Crippen molar-refractivity contribution in [1.29, 1.82) is 0 Å². The third-order valence-electron chi connectivity index (χ3n) is 4.27. The van der Waals surface area contributed by atoms with Crippen LogP contribution in [-0.4, -0.2) is 50.8 Å². The Morgan fingerprint density at radius 2 is 2.00 bits per heavy atom. The van der Waals surface area contributed by atoms with E-state index in [-0.39, 0.29) is 0 Å². The molecule has 2 rings (SSSR count). The standard InChI is InChI=1S/C12H24N2O/c1-3-12(9-15-10-12)11(2)8-14-6-4-13-5-7-14/h11,13H,3-10H2,1-2H3. The zero-order valence-electron chi connectivity index (χ0n) is 10.1. The molecule has 1 N–H and O–H groups in total. The van der Waals surface area contributed by atoms with Crippen molar-refractivity contribution in [3.05, 3.63) is 0 Å². The maximum Gasteiger partial charge on any atom is 0.0547 e. The summed E-state index contributed by atoms with van der Waals surface area (Å²) in [5, 5.41) is 3.40. The largest absolute Gasteiger partial charge is 0.380 e. The fraction of sp³-hybridized carbons (Fsp3) is 1.00. The lowest BCUT2D eigenvalue weighted by Crippen LogP contribution is -2.52. The molecule has 0 aromatic heterocycles. The first-order chi connectivity index (χ1) is 7.27. The fourth-order valence-electron chi connectivity index (χ4n) is 2.68. The van der Waals surface area contributed by atoms with E-state index in [1.54, 1.807) is 0 Å². The Kier molecular flexibility index (Phi) is 3.65. The second kappa shape index (κ2) is 4.81. The second-order valence-corrected chi connectivity index (χ2v) is 5.16. The van der Waals surface area contributed by atoms with Gasteiger partial charge in [-0.25, -0.2) is 0 Å². The number of piperazine rings is 1. The van der Waals surface area contributed by atoms with Gasteiger partial charge in [-0.05, 0) is 12.3 Å². The lowest BCUT2D eigenvalue weighted by molar-refractivity contribution is -0.148. The van der Waals surface area contributed by atoms with E-state index in [1.165, 1.54) is 26.1 Å². The Labute approximate surface area is 93.2 Å². The number of hydrogen-bond donors (Lipinski definition) is 1. The van der Waals surface area contributed by atoms with Crippen LogP contribution in [0, 0.1) is 11.3 Å². The molecular formula is C12H24N2O. The third-order valence-corrected chi connectivity index (χ3v) is 4.27. The molecule has 0 spiro atoms. The molecule has 0 aromatic rings. The molecule has 0 saturated carbocycles. The van der Waals surface area contributed by atoms with Crippen LogP contribution < -0.4 is 5.32 Å².